The molecule has 3 aromatic rings. The highest BCUT2D eigenvalue weighted by atomic mass is 35.5. The second-order valence-electron chi connectivity index (χ2n) is 5.94. The van der Waals surface area contributed by atoms with E-state index in [-0.39, 0.29) is 6.42 Å². The summed E-state index contributed by atoms with van der Waals surface area (Å²) in [6.07, 6.45) is -0.784. The first-order chi connectivity index (χ1) is 12.5. The van der Waals surface area contributed by atoms with Crippen LogP contribution in [0.25, 0.3) is 10.8 Å². The van der Waals surface area contributed by atoms with E-state index in [4.69, 9.17) is 16.3 Å². The molecule has 0 spiro atoms. The molecule has 0 saturated heterocycles. The minimum atomic E-state index is -0.895. The van der Waals surface area contributed by atoms with Crippen molar-refractivity contribution >= 4 is 39.9 Å². The number of hydrogen-bond donors (Lipinski definition) is 1. The molecule has 0 aliphatic carbocycles. The minimum Gasteiger partial charge on any atom is -0.452 e. The van der Waals surface area contributed by atoms with Crippen LogP contribution in [0, 0.1) is 0 Å². The van der Waals surface area contributed by atoms with E-state index in [2.05, 4.69) is 5.32 Å². The Hall–Kier alpha value is -2.85. The average molecular weight is 368 g/mol. The SMILES string of the molecule is C[C@H](OC(=O)Cc1cccc2ccccc12)C(=O)Nc1ccc(Cl)cc1. The Morgan fingerprint density at radius 2 is 1.69 bits per heavy atom. The molecule has 26 heavy (non-hydrogen) atoms. The van der Waals surface area contributed by atoms with Gasteiger partial charge in [-0.2, -0.15) is 0 Å². The molecule has 1 N–H and O–H groups in total. The Balaban J connectivity index is 1.61. The van der Waals surface area contributed by atoms with Crippen LogP contribution in [-0.4, -0.2) is 18.0 Å². The molecule has 0 aromatic heterocycles. The zero-order chi connectivity index (χ0) is 18.5. The van der Waals surface area contributed by atoms with Gasteiger partial charge in [0.15, 0.2) is 6.10 Å². The van der Waals surface area contributed by atoms with E-state index < -0.39 is 18.0 Å². The van der Waals surface area contributed by atoms with Gasteiger partial charge in [0.1, 0.15) is 0 Å². The molecule has 1 amide bonds. The quantitative estimate of drug-likeness (QED) is 0.670. The van der Waals surface area contributed by atoms with Crippen LogP contribution in [0.15, 0.2) is 66.7 Å². The molecule has 5 heteroatoms. The van der Waals surface area contributed by atoms with Gasteiger partial charge in [-0.3, -0.25) is 9.59 Å². The summed E-state index contributed by atoms with van der Waals surface area (Å²) in [6, 6.07) is 20.3. The number of benzene rings is 3. The fraction of sp³-hybridized carbons (Fsp3) is 0.143. The van der Waals surface area contributed by atoms with Crippen molar-refractivity contribution in [3.05, 3.63) is 77.3 Å². The summed E-state index contributed by atoms with van der Waals surface area (Å²) in [4.78, 5) is 24.4. The predicted octanol–water partition coefficient (Wildman–Crippen LogP) is 4.61. The zero-order valence-electron chi connectivity index (χ0n) is 14.2. The number of nitrogens with one attached hydrogen (secondary N) is 1. The number of carbonyl (C=O) groups excluding carboxylic acids is 2. The molecule has 0 saturated carbocycles. The minimum absolute atomic E-state index is 0.111. The van der Waals surface area contributed by atoms with E-state index in [1.165, 1.54) is 0 Å². The second-order valence-corrected chi connectivity index (χ2v) is 6.38. The maximum Gasteiger partial charge on any atom is 0.311 e. The molecule has 0 fully saturated rings. The topological polar surface area (TPSA) is 55.4 Å². The average Bonchev–Trinajstić information content (AvgIpc) is 2.64. The number of amides is 1. The molecule has 0 aliphatic rings. The van der Waals surface area contributed by atoms with E-state index in [1.54, 1.807) is 31.2 Å². The van der Waals surface area contributed by atoms with Gasteiger partial charge in [0.05, 0.1) is 6.42 Å². The number of rotatable bonds is 5. The molecule has 0 bridgehead atoms. The fourth-order valence-electron chi connectivity index (χ4n) is 2.67. The second kappa shape index (κ2) is 8.02. The predicted molar refractivity (Wildman–Crippen MR) is 103 cm³/mol. The van der Waals surface area contributed by atoms with E-state index in [1.807, 2.05) is 42.5 Å². The van der Waals surface area contributed by atoms with Gasteiger partial charge in [0.2, 0.25) is 0 Å². The summed E-state index contributed by atoms with van der Waals surface area (Å²) in [5, 5.41) is 5.34. The van der Waals surface area contributed by atoms with Crippen LogP contribution in [0.5, 0.6) is 0 Å². The lowest BCUT2D eigenvalue weighted by Crippen LogP contribution is -2.30. The summed E-state index contributed by atoms with van der Waals surface area (Å²) < 4.78 is 5.28. The number of hydrogen-bond acceptors (Lipinski definition) is 3. The number of esters is 1. The first kappa shape index (κ1) is 18.0. The summed E-state index contributed by atoms with van der Waals surface area (Å²) in [5.74, 6) is -0.835. The number of fused-ring (bicyclic) bond motifs is 1. The maximum atomic E-state index is 12.2. The number of anilines is 1. The van der Waals surface area contributed by atoms with Crippen LogP contribution in [0.1, 0.15) is 12.5 Å². The van der Waals surface area contributed by atoms with Crippen molar-refractivity contribution in [3.63, 3.8) is 0 Å². The summed E-state index contributed by atoms with van der Waals surface area (Å²) in [7, 11) is 0. The first-order valence-corrected chi connectivity index (χ1v) is 8.63. The molecule has 1 atom stereocenters. The fourth-order valence-corrected chi connectivity index (χ4v) is 2.80. The van der Waals surface area contributed by atoms with Gasteiger partial charge >= 0.3 is 5.97 Å². The van der Waals surface area contributed by atoms with Gasteiger partial charge < -0.3 is 10.1 Å². The zero-order valence-corrected chi connectivity index (χ0v) is 15.0. The van der Waals surface area contributed by atoms with Gasteiger partial charge in [0.25, 0.3) is 5.91 Å². The number of ether oxygens (including phenoxy) is 1. The lowest BCUT2D eigenvalue weighted by atomic mass is 10.0. The van der Waals surface area contributed by atoms with Crippen molar-refractivity contribution in [1.82, 2.24) is 0 Å². The van der Waals surface area contributed by atoms with Crippen molar-refractivity contribution in [2.24, 2.45) is 0 Å². The van der Waals surface area contributed by atoms with Crippen molar-refractivity contribution in [2.45, 2.75) is 19.4 Å². The molecule has 0 radical (unpaired) electrons. The van der Waals surface area contributed by atoms with Crippen LogP contribution in [0.4, 0.5) is 5.69 Å². The smallest absolute Gasteiger partial charge is 0.311 e. The van der Waals surface area contributed by atoms with E-state index in [0.29, 0.717) is 10.7 Å². The van der Waals surface area contributed by atoms with E-state index in [9.17, 15) is 9.59 Å². The largest absolute Gasteiger partial charge is 0.452 e. The lowest BCUT2D eigenvalue weighted by molar-refractivity contribution is -0.152. The molecule has 132 valence electrons. The van der Waals surface area contributed by atoms with Gasteiger partial charge in [-0.15, -0.1) is 0 Å². The molecule has 3 rings (SSSR count). The molecule has 4 nitrogen and oxygen atoms in total. The highest BCUT2D eigenvalue weighted by Gasteiger charge is 2.18. The molecular formula is C21H18ClNO3. The van der Waals surface area contributed by atoms with Gasteiger partial charge in [-0.1, -0.05) is 54.1 Å². The molecular weight excluding hydrogens is 350 g/mol. The third kappa shape index (κ3) is 4.41. The van der Waals surface area contributed by atoms with Gasteiger partial charge in [-0.25, -0.2) is 0 Å². The molecule has 0 aliphatic heterocycles. The Bertz CT molecular complexity index is 932. The van der Waals surface area contributed by atoms with Gasteiger partial charge in [0, 0.05) is 10.7 Å². The standard InChI is InChI=1S/C21H18ClNO3/c1-14(21(25)23-18-11-9-17(22)10-12-18)26-20(24)13-16-7-4-6-15-5-2-3-8-19(15)16/h2-12,14H,13H2,1H3,(H,23,25)/t14-/m0/s1. The van der Waals surface area contributed by atoms with E-state index >= 15 is 0 Å². The molecule has 0 heterocycles. The highest BCUT2D eigenvalue weighted by Crippen LogP contribution is 2.19. The van der Waals surface area contributed by atoms with Crippen LogP contribution >= 0.6 is 11.6 Å². The monoisotopic (exact) mass is 367 g/mol. The van der Waals surface area contributed by atoms with Gasteiger partial charge in [-0.05, 0) is 47.5 Å². The Labute approximate surface area is 156 Å². The molecule has 0 unspecified atom stereocenters. The third-order valence-electron chi connectivity index (χ3n) is 4.00. The lowest BCUT2D eigenvalue weighted by Gasteiger charge is -2.14. The summed E-state index contributed by atoms with van der Waals surface area (Å²) in [5.41, 5.74) is 1.47. The maximum absolute atomic E-state index is 12.2. The van der Waals surface area contributed by atoms with Crippen molar-refractivity contribution in [2.75, 3.05) is 5.32 Å². The summed E-state index contributed by atoms with van der Waals surface area (Å²) in [6.45, 7) is 1.55. The van der Waals surface area contributed by atoms with Crippen molar-refractivity contribution in [1.29, 1.82) is 0 Å². The Kier molecular flexibility index (Phi) is 5.54. The van der Waals surface area contributed by atoms with Crippen molar-refractivity contribution in [3.8, 4) is 0 Å². The van der Waals surface area contributed by atoms with Crippen LogP contribution in [-0.2, 0) is 20.7 Å². The molecule has 3 aromatic carbocycles. The Morgan fingerprint density at radius 1 is 1.00 bits per heavy atom. The Morgan fingerprint density at radius 3 is 2.46 bits per heavy atom. The normalized spacial score (nSPS) is 11.8. The first-order valence-electron chi connectivity index (χ1n) is 8.25. The van der Waals surface area contributed by atoms with Crippen LogP contribution < -0.4 is 5.32 Å². The highest BCUT2D eigenvalue weighted by molar-refractivity contribution is 6.30. The summed E-state index contributed by atoms with van der Waals surface area (Å²) >= 11 is 5.82. The number of carbonyl (C=O) groups is 2. The third-order valence-corrected chi connectivity index (χ3v) is 4.26. The van der Waals surface area contributed by atoms with Crippen LogP contribution in [0.2, 0.25) is 5.02 Å². The number of halogens is 1. The van der Waals surface area contributed by atoms with Crippen molar-refractivity contribution < 1.29 is 14.3 Å². The van der Waals surface area contributed by atoms with Crippen LogP contribution in [0.3, 0.4) is 0 Å². The van der Waals surface area contributed by atoms with E-state index in [0.717, 1.165) is 16.3 Å².